The van der Waals surface area contributed by atoms with Crippen molar-refractivity contribution >= 4 is 122 Å². The van der Waals surface area contributed by atoms with E-state index in [2.05, 4.69) is 72.8 Å². The summed E-state index contributed by atoms with van der Waals surface area (Å²) in [5.74, 6) is -1.31. The second-order valence-corrected chi connectivity index (χ2v) is 20.0. The van der Waals surface area contributed by atoms with E-state index in [0.29, 0.717) is 86.8 Å². The van der Waals surface area contributed by atoms with Gasteiger partial charge in [0.05, 0.1) is 13.2 Å². The van der Waals surface area contributed by atoms with Crippen LogP contribution in [0.5, 0.6) is 0 Å². The summed E-state index contributed by atoms with van der Waals surface area (Å²) in [5, 5.41) is 34.9. The molecule has 2 N–H and O–H groups in total. The van der Waals surface area contributed by atoms with Crippen molar-refractivity contribution in [1.82, 2.24) is 9.80 Å². The van der Waals surface area contributed by atoms with E-state index in [1.807, 2.05) is 48.5 Å². The number of amides is 4. The van der Waals surface area contributed by atoms with Crippen LogP contribution in [0.25, 0.3) is 86.2 Å². The van der Waals surface area contributed by atoms with Crippen LogP contribution < -0.4 is 0 Å². The smallest absolute Gasteiger partial charge is 0.305 e. The summed E-state index contributed by atoms with van der Waals surface area (Å²) in [7, 11) is 0. The van der Waals surface area contributed by atoms with Gasteiger partial charge in [-0.15, -0.1) is 0 Å². The third kappa shape index (κ3) is 8.98. The van der Waals surface area contributed by atoms with Crippen molar-refractivity contribution in [2.24, 2.45) is 0 Å². The molecule has 3 aliphatic rings. The first kappa shape index (κ1) is 50.1. The van der Waals surface area contributed by atoms with E-state index in [1.54, 1.807) is 0 Å². The molecule has 13 rings (SSSR count). The maximum Gasteiger partial charge on any atom is 0.305 e. The van der Waals surface area contributed by atoms with Gasteiger partial charge < -0.3 is 19.7 Å². The maximum atomic E-state index is 13.5. The Hall–Kier alpha value is -8.06. The number of hydrogen-bond acceptors (Lipinski definition) is 10. The number of carbonyl (C=O) groups is 6. The summed E-state index contributed by atoms with van der Waals surface area (Å²) in [6.07, 6.45) is 8.64. The van der Waals surface area contributed by atoms with Gasteiger partial charge in [-0.2, -0.15) is 0 Å². The molecule has 0 unspecified atom stereocenters. The highest BCUT2D eigenvalue weighted by atomic mass is 16.5. The van der Waals surface area contributed by atoms with Crippen molar-refractivity contribution in [2.75, 3.05) is 39.5 Å². The molecule has 0 atom stereocenters. The van der Waals surface area contributed by atoms with E-state index >= 15 is 0 Å². The molecule has 0 aliphatic carbocycles. The molecular formula is C64H58N2O10. The Morgan fingerprint density at radius 3 is 1.28 bits per heavy atom. The van der Waals surface area contributed by atoms with Gasteiger partial charge in [-0.3, -0.25) is 38.6 Å². The Kier molecular flexibility index (Phi) is 14.3. The fraction of sp³-hybridized carbons (Fsp3) is 0.281. The summed E-state index contributed by atoms with van der Waals surface area (Å²) in [6, 6.07) is 40.7. The van der Waals surface area contributed by atoms with E-state index in [4.69, 9.17) is 19.7 Å². The van der Waals surface area contributed by atoms with E-state index in [1.165, 1.54) is 31.3 Å². The predicted octanol–water partition coefficient (Wildman–Crippen LogP) is 12.4. The molecule has 0 radical (unpaired) electrons. The van der Waals surface area contributed by atoms with Gasteiger partial charge in [0, 0.05) is 72.2 Å². The van der Waals surface area contributed by atoms with Gasteiger partial charge in [-0.25, -0.2) is 0 Å². The summed E-state index contributed by atoms with van der Waals surface area (Å²) in [5.41, 5.74) is 2.28. The lowest BCUT2D eigenvalue weighted by Gasteiger charge is -2.28. The van der Waals surface area contributed by atoms with Gasteiger partial charge in [0.15, 0.2) is 0 Å². The van der Waals surface area contributed by atoms with Crippen molar-refractivity contribution in [3.8, 4) is 0 Å². The molecule has 10 aromatic carbocycles. The number of esters is 2. The number of hydrogen-bond donors (Lipinski definition) is 2. The van der Waals surface area contributed by atoms with Gasteiger partial charge in [0.1, 0.15) is 0 Å². The molecule has 12 nitrogen and oxygen atoms in total. The van der Waals surface area contributed by atoms with Crippen LogP contribution in [0.1, 0.15) is 118 Å². The molecule has 4 amide bonds. The van der Waals surface area contributed by atoms with Gasteiger partial charge in [-0.05, 0) is 157 Å². The number of aliphatic hydroxyl groups is 2. The van der Waals surface area contributed by atoms with Crippen LogP contribution in [0, 0.1) is 0 Å². The van der Waals surface area contributed by atoms with Crippen LogP contribution in [-0.2, 0) is 19.1 Å². The predicted molar refractivity (Wildman–Crippen MR) is 298 cm³/mol. The van der Waals surface area contributed by atoms with E-state index < -0.39 is 0 Å². The van der Waals surface area contributed by atoms with E-state index in [9.17, 15) is 28.8 Å². The molecule has 0 aromatic heterocycles. The van der Waals surface area contributed by atoms with Crippen LogP contribution in [0.4, 0.5) is 0 Å². The Labute approximate surface area is 438 Å². The number of nitrogens with zero attached hydrogens (tertiary/aromatic N) is 2. The third-order valence-electron chi connectivity index (χ3n) is 15.3. The van der Waals surface area contributed by atoms with Gasteiger partial charge in [0.25, 0.3) is 23.6 Å². The monoisotopic (exact) mass is 1010 g/mol. The van der Waals surface area contributed by atoms with Crippen LogP contribution in [0.3, 0.4) is 0 Å². The highest BCUT2D eigenvalue weighted by Gasteiger charge is 2.35. The number of benzene rings is 10. The molecule has 76 heavy (non-hydrogen) atoms. The molecule has 12 heteroatoms. The first-order valence-corrected chi connectivity index (χ1v) is 26.7. The SMILES string of the molecule is O=C(CCCCCO)OCCCCN1C(=O)c2ccc3c4cccc5cccc(c6ccc(c2c36)C1=O)c54.O=C1CCCCCO1.O=C1c2ccc3c4cccc5cccc(c6ccc(c2c36)C(=O)N1CCCCO)c54. The lowest BCUT2D eigenvalue weighted by molar-refractivity contribution is -0.144. The lowest BCUT2D eigenvalue weighted by Crippen LogP contribution is -2.41. The number of unbranched alkanes of at least 4 members (excludes halogenated alkanes) is 4. The average molecular weight is 1020 g/mol. The fourth-order valence-corrected chi connectivity index (χ4v) is 11.7. The topological polar surface area (TPSA) is 168 Å². The molecule has 0 spiro atoms. The van der Waals surface area contributed by atoms with Gasteiger partial charge >= 0.3 is 11.9 Å². The molecule has 0 bridgehead atoms. The standard InChI is InChI=1S/C32H29NO5.C26H19NO3.C6H10O2/c34-18-4-1-2-12-27(35)38-19-5-3-17-33-31(36)25-15-13-23-21-10-6-8-20-9-7-11-22(28(20)21)24-14-16-26(32(33)37)30(25)29(23)24;28-14-2-1-13-27-25(29)20-11-9-18-16-7-3-5-15-6-4-8-17(22(15)16)19-10-12-21(26(27)30)24(20)23(18)19;7-6-4-2-1-3-5-8-6/h6-11,13-16,34H,1-5,12,17-19H2;3-12,28H,1-2,13-14H2;1-5H2. The summed E-state index contributed by atoms with van der Waals surface area (Å²) in [4.78, 5) is 78.4. The largest absolute Gasteiger partial charge is 0.466 e. The minimum Gasteiger partial charge on any atom is -0.466 e. The minimum absolute atomic E-state index is 0.0255. The molecule has 10 aromatic rings. The number of aliphatic hydroxyl groups excluding tert-OH is 2. The first-order valence-electron chi connectivity index (χ1n) is 26.7. The number of rotatable bonds is 14. The molecule has 0 saturated carbocycles. The molecular weight excluding hydrogens is 957 g/mol. The number of cyclic esters (lactones) is 1. The van der Waals surface area contributed by atoms with Crippen LogP contribution >= 0.6 is 0 Å². The first-order chi connectivity index (χ1) is 37.2. The van der Waals surface area contributed by atoms with Crippen molar-refractivity contribution in [2.45, 2.75) is 77.0 Å². The van der Waals surface area contributed by atoms with Crippen molar-refractivity contribution < 1.29 is 48.5 Å². The normalized spacial score (nSPS) is 14.6. The minimum atomic E-state index is -0.274. The van der Waals surface area contributed by atoms with Crippen molar-refractivity contribution in [3.05, 3.63) is 144 Å². The van der Waals surface area contributed by atoms with E-state index in [-0.39, 0.29) is 61.9 Å². The van der Waals surface area contributed by atoms with Gasteiger partial charge in [0.2, 0.25) is 0 Å². The Morgan fingerprint density at radius 2 is 0.842 bits per heavy atom. The molecule has 1 saturated heterocycles. The second-order valence-electron chi connectivity index (χ2n) is 20.0. The van der Waals surface area contributed by atoms with Crippen LogP contribution in [0.2, 0.25) is 0 Å². The van der Waals surface area contributed by atoms with Crippen LogP contribution in [-0.4, -0.2) is 95.1 Å². The molecule has 384 valence electrons. The van der Waals surface area contributed by atoms with Crippen molar-refractivity contribution in [1.29, 1.82) is 0 Å². The zero-order valence-corrected chi connectivity index (χ0v) is 42.3. The Bertz CT molecular complexity index is 3710. The maximum absolute atomic E-state index is 13.5. The highest BCUT2D eigenvalue weighted by molar-refractivity contribution is 6.40. The Balaban J connectivity index is 0.000000144. The number of carbonyl (C=O) groups excluding carboxylic acids is 6. The molecule has 1 fully saturated rings. The highest BCUT2D eigenvalue weighted by Crippen LogP contribution is 2.45. The second kappa shape index (κ2) is 21.7. The zero-order valence-electron chi connectivity index (χ0n) is 42.3. The summed E-state index contributed by atoms with van der Waals surface area (Å²) < 4.78 is 10.0. The van der Waals surface area contributed by atoms with Crippen molar-refractivity contribution in [3.63, 3.8) is 0 Å². The number of imide groups is 2. The average Bonchev–Trinajstić information content (AvgIpc) is 3.76. The third-order valence-corrected chi connectivity index (χ3v) is 15.3. The van der Waals surface area contributed by atoms with E-state index in [0.717, 1.165) is 90.3 Å². The molecule has 3 heterocycles. The fourth-order valence-electron chi connectivity index (χ4n) is 11.7. The summed E-state index contributed by atoms with van der Waals surface area (Å²) in [6.45, 7) is 1.69. The van der Waals surface area contributed by atoms with Crippen LogP contribution in [0.15, 0.2) is 121 Å². The van der Waals surface area contributed by atoms with Gasteiger partial charge in [-0.1, -0.05) is 103 Å². The summed E-state index contributed by atoms with van der Waals surface area (Å²) >= 11 is 0. The Morgan fingerprint density at radius 1 is 0.434 bits per heavy atom. The zero-order chi connectivity index (χ0) is 52.5. The number of ether oxygens (including phenoxy) is 2. The molecule has 3 aliphatic heterocycles. The number of fused-ring (bicyclic) bond motifs is 4. The lowest BCUT2D eigenvalue weighted by atomic mass is 9.85. The quantitative estimate of drug-likeness (QED) is 0.0352.